The van der Waals surface area contributed by atoms with E-state index in [-0.39, 0.29) is 0 Å². The molecule has 0 amide bonds. The molecule has 17 heavy (non-hydrogen) atoms. The predicted molar refractivity (Wildman–Crippen MR) is 69.5 cm³/mol. The smallest absolute Gasteiger partial charge is 0.227 e. The van der Waals surface area contributed by atoms with E-state index in [1.54, 1.807) is 18.3 Å². The molecule has 0 spiro atoms. The molecule has 0 fully saturated rings. The van der Waals surface area contributed by atoms with Crippen LogP contribution in [0.1, 0.15) is 0 Å². The monoisotopic (exact) mass is 295 g/mol. The SMILES string of the molecule is CN(C)c1ccc(-c2ccc(Br)c(F)n2)cn1. The Labute approximate surface area is 107 Å². The number of hydrogen-bond donors (Lipinski definition) is 0. The Bertz CT molecular complexity index is 526. The molecule has 2 rings (SSSR count). The molecule has 0 radical (unpaired) electrons. The highest BCUT2D eigenvalue weighted by Crippen LogP contribution is 2.21. The lowest BCUT2D eigenvalue weighted by atomic mass is 10.2. The fourth-order valence-electron chi connectivity index (χ4n) is 1.38. The van der Waals surface area contributed by atoms with Gasteiger partial charge in [0.1, 0.15) is 5.82 Å². The molecule has 2 aromatic heterocycles. The fraction of sp³-hybridized carbons (Fsp3) is 0.167. The van der Waals surface area contributed by atoms with Crippen LogP contribution in [0.4, 0.5) is 10.2 Å². The van der Waals surface area contributed by atoms with Crippen LogP contribution < -0.4 is 4.90 Å². The second kappa shape index (κ2) is 4.79. The first-order valence-corrected chi connectivity index (χ1v) is 5.83. The molecule has 2 aromatic rings. The van der Waals surface area contributed by atoms with Gasteiger partial charge in [-0.1, -0.05) is 0 Å². The van der Waals surface area contributed by atoms with Crippen molar-refractivity contribution >= 4 is 21.7 Å². The topological polar surface area (TPSA) is 29.0 Å². The summed E-state index contributed by atoms with van der Waals surface area (Å²) < 4.78 is 13.6. The van der Waals surface area contributed by atoms with Crippen LogP contribution in [-0.4, -0.2) is 24.1 Å². The molecule has 0 unspecified atom stereocenters. The molecule has 88 valence electrons. The molecule has 2 heterocycles. The van der Waals surface area contributed by atoms with Gasteiger partial charge in [-0.25, -0.2) is 9.97 Å². The van der Waals surface area contributed by atoms with Crippen molar-refractivity contribution in [3.05, 3.63) is 40.9 Å². The zero-order valence-corrected chi connectivity index (χ0v) is 11.1. The molecule has 3 nitrogen and oxygen atoms in total. The summed E-state index contributed by atoms with van der Waals surface area (Å²) in [5.41, 5.74) is 1.37. The minimum atomic E-state index is -0.515. The van der Waals surface area contributed by atoms with Crippen molar-refractivity contribution in [3.63, 3.8) is 0 Å². The van der Waals surface area contributed by atoms with E-state index in [0.717, 1.165) is 11.4 Å². The normalized spacial score (nSPS) is 10.4. The summed E-state index contributed by atoms with van der Waals surface area (Å²) in [4.78, 5) is 10.0. The molecule has 0 aliphatic heterocycles. The maximum absolute atomic E-state index is 13.3. The Hall–Kier alpha value is -1.49. The molecule has 0 atom stereocenters. The first-order valence-electron chi connectivity index (χ1n) is 5.04. The maximum Gasteiger partial charge on any atom is 0.227 e. The third-order valence-electron chi connectivity index (χ3n) is 2.31. The summed E-state index contributed by atoms with van der Waals surface area (Å²) >= 11 is 3.07. The van der Waals surface area contributed by atoms with Crippen LogP contribution in [0, 0.1) is 5.95 Å². The van der Waals surface area contributed by atoms with E-state index in [4.69, 9.17) is 0 Å². The van der Waals surface area contributed by atoms with Gasteiger partial charge in [-0.15, -0.1) is 0 Å². The van der Waals surface area contributed by atoms with Gasteiger partial charge >= 0.3 is 0 Å². The van der Waals surface area contributed by atoms with E-state index in [0.29, 0.717) is 10.2 Å². The lowest BCUT2D eigenvalue weighted by molar-refractivity contribution is 0.578. The van der Waals surface area contributed by atoms with Gasteiger partial charge in [0.05, 0.1) is 10.2 Å². The molecule has 0 aromatic carbocycles. The summed E-state index contributed by atoms with van der Waals surface area (Å²) in [6.07, 6.45) is 1.69. The van der Waals surface area contributed by atoms with E-state index in [2.05, 4.69) is 25.9 Å². The minimum absolute atomic E-state index is 0.360. The third kappa shape index (κ3) is 2.61. The van der Waals surface area contributed by atoms with Gasteiger partial charge in [0.15, 0.2) is 0 Å². The van der Waals surface area contributed by atoms with Gasteiger partial charge in [0.25, 0.3) is 0 Å². The second-order valence-corrected chi connectivity index (χ2v) is 4.62. The zero-order valence-electron chi connectivity index (χ0n) is 9.48. The van der Waals surface area contributed by atoms with Gasteiger partial charge in [0, 0.05) is 25.9 Å². The lowest BCUT2D eigenvalue weighted by Gasteiger charge is -2.11. The lowest BCUT2D eigenvalue weighted by Crippen LogP contribution is -2.10. The average Bonchev–Trinajstić information content (AvgIpc) is 2.33. The molecule has 0 bridgehead atoms. The highest BCUT2D eigenvalue weighted by atomic mass is 79.9. The molecule has 0 saturated heterocycles. The summed E-state index contributed by atoms with van der Waals surface area (Å²) in [7, 11) is 3.83. The molecule has 0 aliphatic carbocycles. The van der Waals surface area contributed by atoms with Crippen molar-refractivity contribution in [2.24, 2.45) is 0 Å². The molecular formula is C12H11BrFN3. The molecule has 0 saturated carbocycles. The highest BCUT2D eigenvalue weighted by molar-refractivity contribution is 9.10. The Kier molecular flexibility index (Phi) is 3.38. The largest absolute Gasteiger partial charge is 0.363 e. The Morgan fingerprint density at radius 2 is 1.94 bits per heavy atom. The summed E-state index contributed by atoms with van der Waals surface area (Å²) in [5, 5.41) is 0. The molecule has 0 N–H and O–H groups in total. The number of aromatic nitrogens is 2. The molecule has 0 aliphatic rings. The van der Waals surface area contributed by atoms with Crippen LogP contribution in [-0.2, 0) is 0 Å². The zero-order chi connectivity index (χ0) is 12.4. The van der Waals surface area contributed by atoms with Crippen molar-refractivity contribution in [2.75, 3.05) is 19.0 Å². The maximum atomic E-state index is 13.3. The fourth-order valence-corrected chi connectivity index (χ4v) is 1.60. The quantitative estimate of drug-likeness (QED) is 0.797. The van der Waals surface area contributed by atoms with Crippen LogP contribution in [0.2, 0.25) is 0 Å². The van der Waals surface area contributed by atoms with E-state index in [1.807, 2.05) is 31.1 Å². The van der Waals surface area contributed by atoms with Gasteiger partial charge in [-0.2, -0.15) is 4.39 Å². The van der Waals surface area contributed by atoms with Gasteiger partial charge in [-0.05, 0) is 40.2 Å². The Morgan fingerprint density at radius 3 is 2.47 bits per heavy atom. The standard InChI is InChI=1S/C12H11BrFN3/c1-17(2)11-6-3-8(7-15-11)10-5-4-9(13)12(14)16-10/h3-7H,1-2H3. The first kappa shape index (κ1) is 12.0. The first-order chi connectivity index (χ1) is 8.08. The number of hydrogen-bond acceptors (Lipinski definition) is 3. The number of nitrogens with zero attached hydrogens (tertiary/aromatic N) is 3. The molecule has 5 heteroatoms. The third-order valence-corrected chi connectivity index (χ3v) is 2.90. The van der Waals surface area contributed by atoms with Crippen molar-refractivity contribution in [3.8, 4) is 11.3 Å². The summed E-state index contributed by atoms with van der Waals surface area (Å²) in [6.45, 7) is 0. The summed E-state index contributed by atoms with van der Waals surface area (Å²) in [5.74, 6) is 0.338. The van der Waals surface area contributed by atoms with Crippen molar-refractivity contribution < 1.29 is 4.39 Å². The predicted octanol–water partition coefficient (Wildman–Crippen LogP) is 3.11. The van der Waals surface area contributed by atoms with Crippen LogP contribution in [0.25, 0.3) is 11.3 Å². The van der Waals surface area contributed by atoms with E-state index < -0.39 is 5.95 Å². The van der Waals surface area contributed by atoms with Crippen LogP contribution >= 0.6 is 15.9 Å². The van der Waals surface area contributed by atoms with Crippen LogP contribution in [0.5, 0.6) is 0 Å². The van der Waals surface area contributed by atoms with Crippen LogP contribution in [0.3, 0.4) is 0 Å². The minimum Gasteiger partial charge on any atom is -0.363 e. The van der Waals surface area contributed by atoms with Crippen molar-refractivity contribution in [1.29, 1.82) is 0 Å². The number of pyridine rings is 2. The number of anilines is 1. The average molecular weight is 296 g/mol. The van der Waals surface area contributed by atoms with E-state index in [9.17, 15) is 4.39 Å². The number of halogens is 2. The van der Waals surface area contributed by atoms with Crippen molar-refractivity contribution in [2.45, 2.75) is 0 Å². The summed E-state index contributed by atoms with van der Waals surface area (Å²) in [6, 6.07) is 7.13. The van der Waals surface area contributed by atoms with E-state index in [1.165, 1.54) is 0 Å². The van der Waals surface area contributed by atoms with Crippen LogP contribution in [0.15, 0.2) is 34.9 Å². The Balaban J connectivity index is 2.36. The second-order valence-electron chi connectivity index (χ2n) is 3.77. The van der Waals surface area contributed by atoms with Gasteiger partial charge in [-0.3, -0.25) is 0 Å². The highest BCUT2D eigenvalue weighted by Gasteiger charge is 2.05. The van der Waals surface area contributed by atoms with Gasteiger partial charge in [0.2, 0.25) is 5.95 Å². The number of rotatable bonds is 2. The van der Waals surface area contributed by atoms with Gasteiger partial charge < -0.3 is 4.90 Å². The van der Waals surface area contributed by atoms with Crippen molar-refractivity contribution in [1.82, 2.24) is 9.97 Å². The Morgan fingerprint density at radius 1 is 1.18 bits per heavy atom. The molecular weight excluding hydrogens is 285 g/mol. The van der Waals surface area contributed by atoms with E-state index >= 15 is 0 Å².